The number of carboxylic acids is 1. The molecule has 7 nitrogen and oxygen atoms in total. The lowest BCUT2D eigenvalue weighted by Crippen LogP contribution is -2.51. The SMILES string of the molecule is CCc1ccc(S(C)(=O)=O)cc1C(=O)N1CC(C(=O)O)O[C@H](C)C1. The van der Waals surface area contributed by atoms with Gasteiger partial charge in [-0.15, -0.1) is 0 Å². The zero-order valence-electron chi connectivity index (χ0n) is 13.9. The standard InChI is InChI=1S/C16H21NO6S/c1-4-11-5-6-12(24(3,21)22)7-13(11)15(18)17-8-10(2)23-14(9-17)16(19)20/h5-7,10,14H,4,8-9H2,1-3H3,(H,19,20)/t10-,14?/m1/s1. The van der Waals surface area contributed by atoms with E-state index in [-0.39, 0.29) is 23.9 Å². The number of hydrogen-bond acceptors (Lipinski definition) is 5. The third-order valence-corrected chi connectivity index (χ3v) is 5.05. The lowest BCUT2D eigenvalue weighted by molar-refractivity contribution is -0.160. The molecular formula is C16H21NO6S. The number of rotatable bonds is 4. The summed E-state index contributed by atoms with van der Waals surface area (Å²) in [6.07, 6.45) is 0.153. The molecule has 2 rings (SSSR count). The molecule has 24 heavy (non-hydrogen) atoms. The van der Waals surface area contributed by atoms with Gasteiger partial charge in [-0.25, -0.2) is 13.2 Å². The quantitative estimate of drug-likeness (QED) is 0.863. The van der Waals surface area contributed by atoms with E-state index in [1.54, 1.807) is 13.0 Å². The molecule has 1 heterocycles. The summed E-state index contributed by atoms with van der Waals surface area (Å²) < 4.78 is 28.8. The van der Waals surface area contributed by atoms with Gasteiger partial charge in [0.05, 0.1) is 17.5 Å². The van der Waals surface area contributed by atoms with Crippen molar-refractivity contribution in [1.29, 1.82) is 0 Å². The molecule has 0 aromatic heterocycles. The lowest BCUT2D eigenvalue weighted by Gasteiger charge is -2.35. The molecule has 1 amide bonds. The van der Waals surface area contributed by atoms with Crippen LogP contribution in [0.2, 0.25) is 0 Å². The predicted octanol–water partition coefficient (Wildman–Crippen LogP) is 0.967. The van der Waals surface area contributed by atoms with Crippen molar-refractivity contribution in [1.82, 2.24) is 4.90 Å². The summed E-state index contributed by atoms with van der Waals surface area (Å²) in [5.74, 6) is -1.50. The fourth-order valence-corrected chi connectivity index (χ4v) is 3.36. The van der Waals surface area contributed by atoms with Gasteiger partial charge in [0, 0.05) is 18.4 Å². The number of sulfone groups is 1. The summed E-state index contributed by atoms with van der Waals surface area (Å²) in [4.78, 5) is 25.5. The Balaban J connectivity index is 2.39. The largest absolute Gasteiger partial charge is 0.479 e. The summed E-state index contributed by atoms with van der Waals surface area (Å²) in [7, 11) is -3.44. The van der Waals surface area contributed by atoms with Gasteiger partial charge in [0.25, 0.3) is 5.91 Å². The minimum Gasteiger partial charge on any atom is -0.479 e. The Bertz CT molecular complexity index is 758. The van der Waals surface area contributed by atoms with Gasteiger partial charge in [0.2, 0.25) is 0 Å². The number of carboxylic acid groups (broad SMARTS) is 1. The number of aryl methyl sites for hydroxylation is 1. The van der Waals surface area contributed by atoms with Crippen LogP contribution in [-0.2, 0) is 25.8 Å². The van der Waals surface area contributed by atoms with Crippen molar-refractivity contribution in [3.8, 4) is 0 Å². The Morgan fingerprint density at radius 3 is 2.54 bits per heavy atom. The van der Waals surface area contributed by atoms with Crippen LogP contribution < -0.4 is 0 Å². The minimum absolute atomic E-state index is 0.0647. The van der Waals surface area contributed by atoms with Gasteiger partial charge in [-0.2, -0.15) is 0 Å². The van der Waals surface area contributed by atoms with Crippen LogP contribution >= 0.6 is 0 Å². The highest BCUT2D eigenvalue weighted by molar-refractivity contribution is 7.90. The highest BCUT2D eigenvalue weighted by Crippen LogP contribution is 2.21. The van der Waals surface area contributed by atoms with Crippen molar-refractivity contribution in [2.75, 3.05) is 19.3 Å². The molecule has 1 aliphatic heterocycles. The molecule has 1 unspecified atom stereocenters. The maximum Gasteiger partial charge on any atom is 0.334 e. The van der Waals surface area contributed by atoms with E-state index in [9.17, 15) is 18.0 Å². The second kappa shape index (κ2) is 6.90. The van der Waals surface area contributed by atoms with Crippen LogP contribution in [-0.4, -0.2) is 61.9 Å². The molecule has 1 fully saturated rings. The number of hydrogen-bond donors (Lipinski definition) is 1. The summed E-state index contributed by atoms with van der Waals surface area (Å²) in [6, 6.07) is 4.47. The highest BCUT2D eigenvalue weighted by Gasteiger charge is 2.33. The van der Waals surface area contributed by atoms with Gasteiger partial charge < -0.3 is 14.7 Å². The summed E-state index contributed by atoms with van der Waals surface area (Å²) in [5, 5.41) is 9.14. The van der Waals surface area contributed by atoms with Crippen LogP contribution in [0, 0.1) is 0 Å². The highest BCUT2D eigenvalue weighted by atomic mass is 32.2. The number of benzene rings is 1. The number of amides is 1. The molecule has 1 aliphatic rings. The molecule has 0 radical (unpaired) electrons. The Morgan fingerprint density at radius 2 is 2.00 bits per heavy atom. The van der Waals surface area contributed by atoms with E-state index >= 15 is 0 Å². The van der Waals surface area contributed by atoms with Gasteiger partial charge >= 0.3 is 5.97 Å². The number of carbonyl (C=O) groups is 2. The predicted molar refractivity (Wildman–Crippen MR) is 86.8 cm³/mol. The Labute approximate surface area is 141 Å². The number of aliphatic carboxylic acids is 1. The number of nitrogens with zero attached hydrogens (tertiary/aromatic N) is 1. The van der Waals surface area contributed by atoms with Crippen LogP contribution in [0.1, 0.15) is 29.8 Å². The van der Waals surface area contributed by atoms with E-state index in [4.69, 9.17) is 9.84 Å². The van der Waals surface area contributed by atoms with Crippen molar-refractivity contribution in [2.45, 2.75) is 37.4 Å². The van der Waals surface area contributed by atoms with Crippen LogP contribution in [0.5, 0.6) is 0 Å². The number of morpholine rings is 1. The van der Waals surface area contributed by atoms with Gasteiger partial charge in [-0.05, 0) is 31.0 Å². The second-order valence-corrected chi connectivity index (χ2v) is 7.94. The number of ether oxygens (including phenoxy) is 1. The van der Waals surface area contributed by atoms with Crippen LogP contribution in [0.15, 0.2) is 23.1 Å². The Morgan fingerprint density at radius 1 is 1.33 bits per heavy atom. The van der Waals surface area contributed by atoms with Gasteiger partial charge in [-0.1, -0.05) is 13.0 Å². The smallest absolute Gasteiger partial charge is 0.334 e. The van der Waals surface area contributed by atoms with Crippen molar-refractivity contribution in [3.05, 3.63) is 29.3 Å². The van der Waals surface area contributed by atoms with Crippen LogP contribution in [0.3, 0.4) is 0 Å². The van der Waals surface area contributed by atoms with E-state index in [0.717, 1.165) is 11.8 Å². The molecule has 1 aromatic carbocycles. The number of carbonyl (C=O) groups excluding carboxylic acids is 1. The zero-order valence-corrected chi connectivity index (χ0v) is 14.7. The monoisotopic (exact) mass is 355 g/mol. The first-order valence-corrected chi connectivity index (χ1v) is 9.53. The third kappa shape index (κ3) is 3.93. The molecule has 1 saturated heterocycles. The second-order valence-electron chi connectivity index (χ2n) is 5.93. The molecular weight excluding hydrogens is 334 g/mol. The first-order chi connectivity index (χ1) is 11.1. The van der Waals surface area contributed by atoms with E-state index < -0.39 is 28.0 Å². The molecule has 2 atom stereocenters. The molecule has 0 spiro atoms. The average Bonchev–Trinajstić information content (AvgIpc) is 2.52. The lowest BCUT2D eigenvalue weighted by atomic mass is 10.0. The fraction of sp³-hybridized carbons (Fsp3) is 0.500. The Kier molecular flexibility index (Phi) is 5.29. The molecule has 132 valence electrons. The summed E-state index contributed by atoms with van der Waals surface area (Å²) in [6.45, 7) is 3.76. The van der Waals surface area contributed by atoms with Crippen LogP contribution in [0.25, 0.3) is 0 Å². The molecule has 0 bridgehead atoms. The Hall–Kier alpha value is -1.93. The van der Waals surface area contributed by atoms with Crippen LogP contribution in [0.4, 0.5) is 0 Å². The molecule has 1 N–H and O–H groups in total. The third-order valence-electron chi connectivity index (χ3n) is 3.94. The van der Waals surface area contributed by atoms with E-state index in [1.807, 2.05) is 6.92 Å². The molecule has 0 aliphatic carbocycles. The molecule has 8 heteroatoms. The summed E-state index contributed by atoms with van der Waals surface area (Å²) >= 11 is 0. The maximum atomic E-state index is 12.9. The van der Waals surface area contributed by atoms with Crippen molar-refractivity contribution in [3.63, 3.8) is 0 Å². The van der Waals surface area contributed by atoms with Crippen molar-refractivity contribution >= 4 is 21.7 Å². The molecule has 0 saturated carbocycles. The minimum atomic E-state index is -3.44. The topological polar surface area (TPSA) is 101 Å². The fourth-order valence-electron chi connectivity index (χ4n) is 2.72. The van der Waals surface area contributed by atoms with Crippen molar-refractivity contribution in [2.24, 2.45) is 0 Å². The molecule has 1 aromatic rings. The van der Waals surface area contributed by atoms with E-state index in [0.29, 0.717) is 12.0 Å². The average molecular weight is 355 g/mol. The van der Waals surface area contributed by atoms with Gasteiger partial charge in [-0.3, -0.25) is 4.79 Å². The summed E-state index contributed by atoms with van der Waals surface area (Å²) in [5.41, 5.74) is 1.01. The van der Waals surface area contributed by atoms with E-state index in [2.05, 4.69) is 0 Å². The first kappa shape index (κ1) is 18.4. The van der Waals surface area contributed by atoms with Crippen molar-refractivity contribution < 1.29 is 27.9 Å². The first-order valence-electron chi connectivity index (χ1n) is 7.64. The maximum absolute atomic E-state index is 12.9. The van der Waals surface area contributed by atoms with E-state index in [1.165, 1.54) is 17.0 Å². The normalized spacial score (nSPS) is 21.5. The zero-order chi connectivity index (χ0) is 18.1. The van der Waals surface area contributed by atoms with Gasteiger partial charge in [0.1, 0.15) is 0 Å². The van der Waals surface area contributed by atoms with Gasteiger partial charge in [0.15, 0.2) is 15.9 Å².